The third-order valence-corrected chi connectivity index (χ3v) is 9.07. The van der Waals surface area contributed by atoms with Gasteiger partial charge in [0.05, 0.1) is 43.8 Å². The summed E-state index contributed by atoms with van der Waals surface area (Å²) >= 11 is 0. The Kier molecular flexibility index (Phi) is 10.1. The van der Waals surface area contributed by atoms with E-state index in [2.05, 4.69) is 16.7 Å². The van der Waals surface area contributed by atoms with Crippen LogP contribution in [0.1, 0.15) is 63.9 Å². The van der Waals surface area contributed by atoms with E-state index in [0.29, 0.717) is 12.2 Å². The minimum atomic E-state index is -1.36. The molecule has 1 aromatic rings. The first-order valence-electron chi connectivity index (χ1n) is 14.7. The second kappa shape index (κ2) is 13.4. The van der Waals surface area contributed by atoms with Crippen LogP contribution in [0, 0.1) is 11.3 Å². The lowest BCUT2D eigenvalue weighted by Gasteiger charge is -2.41. The Morgan fingerprint density at radius 2 is 1.71 bits per heavy atom. The average molecular weight is 586 g/mol. The molecular weight excluding hydrogens is 542 g/mol. The number of hydrogen-bond donors (Lipinski definition) is 5. The minimum absolute atomic E-state index is 0.0827. The number of allylic oxidation sites excluding steroid dienone is 1. The number of hydrogen-bond acceptors (Lipinski definition) is 8. The van der Waals surface area contributed by atoms with Crippen molar-refractivity contribution in [2.75, 3.05) is 20.3 Å². The Hall–Kier alpha value is -3.28. The number of ketones is 1. The van der Waals surface area contributed by atoms with E-state index < -0.39 is 59.5 Å². The number of primary amides is 1. The van der Waals surface area contributed by atoms with Gasteiger partial charge >= 0.3 is 0 Å². The van der Waals surface area contributed by atoms with E-state index >= 15 is 0 Å². The van der Waals surface area contributed by atoms with E-state index in [-0.39, 0.29) is 44.5 Å². The van der Waals surface area contributed by atoms with Gasteiger partial charge in [0.2, 0.25) is 17.7 Å². The molecule has 4 atom stereocenters. The number of carbonyl (C=O) groups is 4. The first-order chi connectivity index (χ1) is 20.0. The van der Waals surface area contributed by atoms with E-state index in [1.807, 2.05) is 0 Å². The van der Waals surface area contributed by atoms with Crippen molar-refractivity contribution in [3.05, 3.63) is 41.5 Å². The summed E-state index contributed by atoms with van der Waals surface area (Å²) < 4.78 is 10.6. The summed E-state index contributed by atoms with van der Waals surface area (Å²) in [6.45, 7) is 1.32. The standard InChI is InChI=1S/C31H43N3O8/c1-30(18-42-30)26(37)24(15-19-5-3-4-6-19)33-28(39)25(16-20-7-9-22(41-2)10-8-20)34-27(38)23(17-35)31(29(32)40)13-11-21(36)12-14-31/h5,7-10,21,23-25,35-36H,3-4,6,11-18H2,1-2H3,(H2,32,40)(H,33,39)(H,34,38)/t21?,23-,24+,25+,30-,31?/m1/s1. The maximum Gasteiger partial charge on any atom is 0.243 e. The molecule has 1 aromatic carbocycles. The molecule has 2 fully saturated rings. The van der Waals surface area contributed by atoms with E-state index in [1.54, 1.807) is 38.3 Å². The highest BCUT2D eigenvalue weighted by Crippen LogP contribution is 2.43. The molecule has 6 N–H and O–H groups in total. The Bertz CT molecular complexity index is 1190. The molecule has 42 heavy (non-hydrogen) atoms. The summed E-state index contributed by atoms with van der Waals surface area (Å²) in [4.78, 5) is 53.5. The number of ether oxygens (including phenoxy) is 2. The van der Waals surface area contributed by atoms with Gasteiger partial charge in [0.25, 0.3) is 0 Å². The summed E-state index contributed by atoms with van der Waals surface area (Å²) in [5.41, 5.74) is 5.28. The van der Waals surface area contributed by atoms with E-state index in [0.717, 1.165) is 30.4 Å². The highest BCUT2D eigenvalue weighted by Gasteiger charge is 2.51. The largest absolute Gasteiger partial charge is 0.497 e. The van der Waals surface area contributed by atoms with Crippen LogP contribution >= 0.6 is 0 Å². The second-order valence-corrected chi connectivity index (χ2v) is 12.0. The summed E-state index contributed by atoms with van der Waals surface area (Å²) in [6.07, 6.45) is 5.51. The second-order valence-electron chi connectivity index (χ2n) is 12.0. The molecule has 1 saturated carbocycles. The first kappa shape index (κ1) is 31.7. The van der Waals surface area contributed by atoms with Gasteiger partial charge in [-0.15, -0.1) is 0 Å². The number of aliphatic hydroxyl groups is 2. The van der Waals surface area contributed by atoms with Crippen molar-refractivity contribution in [2.24, 2.45) is 17.1 Å². The van der Waals surface area contributed by atoms with Crippen molar-refractivity contribution in [3.63, 3.8) is 0 Å². The fourth-order valence-corrected chi connectivity index (χ4v) is 6.16. The third-order valence-electron chi connectivity index (χ3n) is 9.07. The number of methoxy groups -OCH3 is 1. The van der Waals surface area contributed by atoms with Gasteiger partial charge in [-0.25, -0.2) is 0 Å². The van der Waals surface area contributed by atoms with Gasteiger partial charge in [0, 0.05) is 6.42 Å². The monoisotopic (exact) mass is 585 g/mol. The van der Waals surface area contributed by atoms with Crippen LogP contribution in [0.4, 0.5) is 0 Å². The Labute approximate surface area is 246 Å². The van der Waals surface area contributed by atoms with Crippen LogP contribution in [0.5, 0.6) is 5.75 Å². The lowest BCUT2D eigenvalue weighted by atomic mass is 9.64. The zero-order chi connectivity index (χ0) is 30.5. The molecule has 0 spiro atoms. The fourth-order valence-electron chi connectivity index (χ4n) is 6.16. The highest BCUT2D eigenvalue weighted by atomic mass is 16.6. The number of amides is 3. The molecule has 1 saturated heterocycles. The number of nitrogens with two attached hydrogens (primary N) is 1. The van der Waals surface area contributed by atoms with Crippen LogP contribution < -0.4 is 21.1 Å². The highest BCUT2D eigenvalue weighted by molar-refractivity contribution is 5.98. The Morgan fingerprint density at radius 3 is 2.24 bits per heavy atom. The van der Waals surface area contributed by atoms with Crippen molar-refractivity contribution in [1.82, 2.24) is 10.6 Å². The van der Waals surface area contributed by atoms with Crippen molar-refractivity contribution in [1.29, 1.82) is 0 Å². The molecule has 3 amide bonds. The zero-order valence-electron chi connectivity index (χ0n) is 24.4. The van der Waals surface area contributed by atoms with E-state index in [1.165, 1.54) is 0 Å². The molecular formula is C31H43N3O8. The number of Topliss-reactive ketones (excluding diaryl/α,β-unsaturated/α-hetero) is 1. The number of epoxide rings is 1. The number of aliphatic hydroxyl groups excluding tert-OH is 2. The van der Waals surface area contributed by atoms with Crippen molar-refractivity contribution in [2.45, 2.75) is 88.5 Å². The van der Waals surface area contributed by atoms with Crippen molar-refractivity contribution >= 4 is 23.5 Å². The van der Waals surface area contributed by atoms with Gasteiger partial charge in [-0.05, 0) is 76.0 Å². The normalized spacial score (nSPS) is 27.2. The lowest BCUT2D eigenvalue weighted by Crippen LogP contribution is -2.58. The molecule has 11 heteroatoms. The van der Waals surface area contributed by atoms with Crippen molar-refractivity contribution in [3.8, 4) is 5.75 Å². The molecule has 0 bridgehead atoms. The van der Waals surface area contributed by atoms with Gasteiger partial charge in [-0.3, -0.25) is 19.2 Å². The Balaban J connectivity index is 1.58. The predicted octanol–water partition coefficient (Wildman–Crippen LogP) is 1.08. The number of benzene rings is 1. The Morgan fingerprint density at radius 1 is 1.07 bits per heavy atom. The number of nitrogens with one attached hydrogen (secondary N) is 2. The quantitative estimate of drug-likeness (QED) is 0.159. The molecule has 1 heterocycles. The van der Waals surface area contributed by atoms with Gasteiger partial charge in [0.1, 0.15) is 17.4 Å². The third kappa shape index (κ3) is 7.19. The first-order valence-corrected chi connectivity index (χ1v) is 14.7. The molecule has 4 rings (SSSR count). The molecule has 2 aliphatic carbocycles. The van der Waals surface area contributed by atoms with Crippen LogP contribution in [0.3, 0.4) is 0 Å². The minimum Gasteiger partial charge on any atom is -0.497 e. The van der Waals surface area contributed by atoms with Crippen LogP contribution in [0.2, 0.25) is 0 Å². The fraction of sp³-hybridized carbons (Fsp3) is 0.613. The van der Waals surface area contributed by atoms with E-state index in [9.17, 15) is 29.4 Å². The average Bonchev–Trinajstić information content (AvgIpc) is 3.51. The smallest absolute Gasteiger partial charge is 0.243 e. The van der Waals surface area contributed by atoms with Crippen LogP contribution in [0.15, 0.2) is 35.9 Å². The molecule has 3 aliphatic rings. The van der Waals surface area contributed by atoms with Crippen LogP contribution in [-0.4, -0.2) is 77.8 Å². The van der Waals surface area contributed by atoms with Crippen LogP contribution in [-0.2, 0) is 30.3 Å². The molecule has 0 aromatic heterocycles. The van der Waals surface area contributed by atoms with Crippen molar-refractivity contribution < 1.29 is 38.9 Å². The predicted molar refractivity (Wildman–Crippen MR) is 153 cm³/mol. The summed E-state index contributed by atoms with van der Waals surface area (Å²) in [5.74, 6) is -2.80. The van der Waals surface area contributed by atoms with Gasteiger partial charge < -0.3 is 36.1 Å². The molecule has 230 valence electrons. The molecule has 0 radical (unpaired) electrons. The number of carbonyl (C=O) groups excluding carboxylic acids is 4. The maximum atomic E-state index is 13.8. The van der Waals surface area contributed by atoms with Gasteiger partial charge in [-0.2, -0.15) is 0 Å². The SMILES string of the molecule is COc1ccc(C[C@H](NC(=O)[C@@H](CO)C2(C(N)=O)CCC(O)CC2)C(=O)N[C@@H](CC2=CCCC2)C(=O)[C@@]2(C)CO2)cc1. The summed E-state index contributed by atoms with van der Waals surface area (Å²) in [5, 5.41) is 25.9. The van der Waals surface area contributed by atoms with Crippen LogP contribution in [0.25, 0.3) is 0 Å². The lowest BCUT2D eigenvalue weighted by molar-refractivity contribution is -0.148. The van der Waals surface area contributed by atoms with Gasteiger partial charge in [0.15, 0.2) is 5.78 Å². The number of rotatable bonds is 14. The summed E-state index contributed by atoms with van der Waals surface area (Å²) in [7, 11) is 1.54. The molecule has 0 unspecified atom stereocenters. The van der Waals surface area contributed by atoms with E-state index in [4.69, 9.17) is 15.2 Å². The summed E-state index contributed by atoms with van der Waals surface area (Å²) in [6, 6.07) is 5.06. The maximum absolute atomic E-state index is 13.8. The molecule has 1 aliphatic heterocycles. The molecule has 11 nitrogen and oxygen atoms in total. The topological polar surface area (TPSA) is 181 Å². The zero-order valence-corrected chi connectivity index (χ0v) is 24.4. The van der Waals surface area contributed by atoms with Gasteiger partial charge in [-0.1, -0.05) is 23.8 Å².